The van der Waals surface area contributed by atoms with E-state index in [9.17, 15) is 4.79 Å². The second-order valence-electron chi connectivity index (χ2n) is 7.05. The summed E-state index contributed by atoms with van der Waals surface area (Å²) in [7, 11) is 1.65. The molecular weight excluding hydrogens is 304 g/mol. The number of benzene rings is 1. The Hall–Kier alpha value is -1.75. The topological polar surface area (TPSA) is 59.6 Å². The molecule has 2 aliphatic rings. The van der Waals surface area contributed by atoms with E-state index in [0.29, 0.717) is 12.0 Å². The number of rotatable bonds is 5. The molecule has 0 radical (unpaired) electrons. The molecule has 3 rings (SSSR count). The van der Waals surface area contributed by atoms with Crippen LogP contribution >= 0.6 is 0 Å². The minimum atomic E-state index is -0.118. The lowest BCUT2D eigenvalue weighted by atomic mass is 10.0. The van der Waals surface area contributed by atoms with Crippen molar-refractivity contribution >= 4 is 6.03 Å². The van der Waals surface area contributed by atoms with Gasteiger partial charge in [-0.05, 0) is 51.5 Å². The normalized spacial score (nSPS) is 25.0. The zero-order valence-corrected chi connectivity index (χ0v) is 14.8. The quantitative estimate of drug-likeness (QED) is 0.869. The van der Waals surface area contributed by atoms with E-state index in [2.05, 4.69) is 16.7 Å². The van der Waals surface area contributed by atoms with Crippen molar-refractivity contribution in [2.75, 3.05) is 13.7 Å². The van der Waals surface area contributed by atoms with Crippen LogP contribution < -0.4 is 15.4 Å². The molecule has 1 aromatic rings. The van der Waals surface area contributed by atoms with E-state index >= 15 is 0 Å². The fourth-order valence-electron chi connectivity index (χ4n) is 3.45. The van der Waals surface area contributed by atoms with Gasteiger partial charge in [-0.3, -0.25) is 0 Å². The Kier molecular flexibility index (Phi) is 5.29. The SMILES string of the molecule is COc1ccc(C)cc1[C@H](C)NC(=O)N[C@H]1CCO[C@@H](C2CC2)C1. The summed E-state index contributed by atoms with van der Waals surface area (Å²) < 4.78 is 11.2. The van der Waals surface area contributed by atoms with Gasteiger partial charge in [0.1, 0.15) is 5.75 Å². The predicted octanol–water partition coefficient (Wildman–Crippen LogP) is 3.32. The molecule has 2 amide bonds. The van der Waals surface area contributed by atoms with Crippen LogP contribution in [0.2, 0.25) is 0 Å². The van der Waals surface area contributed by atoms with Crippen LogP contribution in [-0.4, -0.2) is 31.9 Å². The van der Waals surface area contributed by atoms with Gasteiger partial charge in [0.2, 0.25) is 0 Å². The van der Waals surface area contributed by atoms with Crippen LogP contribution in [0.4, 0.5) is 4.79 Å². The molecule has 1 heterocycles. The first-order valence-corrected chi connectivity index (χ1v) is 8.90. The second kappa shape index (κ2) is 7.43. The summed E-state index contributed by atoms with van der Waals surface area (Å²) in [4.78, 5) is 12.4. The summed E-state index contributed by atoms with van der Waals surface area (Å²) in [6.07, 6.45) is 4.69. The maximum Gasteiger partial charge on any atom is 0.315 e. The first-order chi connectivity index (χ1) is 11.6. The van der Waals surface area contributed by atoms with E-state index in [1.165, 1.54) is 12.8 Å². The minimum absolute atomic E-state index is 0.112. The Morgan fingerprint density at radius 2 is 2.12 bits per heavy atom. The number of amides is 2. The maximum atomic E-state index is 12.4. The van der Waals surface area contributed by atoms with Crippen LogP contribution in [0.3, 0.4) is 0 Å². The van der Waals surface area contributed by atoms with Crippen molar-refractivity contribution in [1.82, 2.24) is 10.6 Å². The lowest BCUT2D eigenvalue weighted by Crippen LogP contribution is -2.47. The number of ether oxygens (including phenoxy) is 2. The zero-order chi connectivity index (χ0) is 17.1. The van der Waals surface area contributed by atoms with Gasteiger partial charge in [0, 0.05) is 18.2 Å². The molecule has 24 heavy (non-hydrogen) atoms. The van der Waals surface area contributed by atoms with Crippen molar-refractivity contribution in [1.29, 1.82) is 0 Å². The number of methoxy groups -OCH3 is 1. The van der Waals surface area contributed by atoms with Gasteiger partial charge in [0.05, 0.1) is 19.3 Å². The number of nitrogens with one attached hydrogen (secondary N) is 2. The van der Waals surface area contributed by atoms with Gasteiger partial charge >= 0.3 is 6.03 Å². The summed E-state index contributed by atoms with van der Waals surface area (Å²) >= 11 is 0. The Morgan fingerprint density at radius 3 is 2.83 bits per heavy atom. The van der Waals surface area contributed by atoms with Crippen molar-refractivity contribution in [2.24, 2.45) is 5.92 Å². The fraction of sp³-hybridized carbons (Fsp3) is 0.632. The number of hydrogen-bond acceptors (Lipinski definition) is 3. The molecule has 1 aromatic carbocycles. The van der Waals surface area contributed by atoms with E-state index in [-0.39, 0.29) is 18.1 Å². The van der Waals surface area contributed by atoms with Gasteiger partial charge in [-0.1, -0.05) is 17.7 Å². The second-order valence-corrected chi connectivity index (χ2v) is 7.05. The number of aryl methyl sites for hydroxylation is 1. The Balaban J connectivity index is 1.55. The lowest BCUT2D eigenvalue weighted by molar-refractivity contribution is -0.00917. The summed E-state index contributed by atoms with van der Waals surface area (Å²) in [6.45, 7) is 4.76. The predicted molar refractivity (Wildman–Crippen MR) is 93.3 cm³/mol. The highest BCUT2D eigenvalue weighted by Gasteiger charge is 2.36. The van der Waals surface area contributed by atoms with Crippen molar-refractivity contribution in [3.63, 3.8) is 0 Å². The molecule has 1 aliphatic heterocycles. The molecule has 1 aliphatic carbocycles. The summed E-state index contributed by atoms with van der Waals surface area (Å²) in [5.41, 5.74) is 2.15. The third-order valence-corrected chi connectivity index (χ3v) is 5.00. The monoisotopic (exact) mass is 332 g/mol. The van der Waals surface area contributed by atoms with E-state index in [4.69, 9.17) is 9.47 Å². The average molecular weight is 332 g/mol. The summed E-state index contributed by atoms with van der Waals surface area (Å²) in [5, 5.41) is 6.15. The molecule has 2 N–H and O–H groups in total. The summed E-state index contributed by atoms with van der Waals surface area (Å²) in [5.74, 6) is 1.52. The molecule has 132 valence electrons. The Morgan fingerprint density at radius 1 is 1.33 bits per heavy atom. The van der Waals surface area contributed by atoms with E-state index < -0.39 is 0 Å². The van der Waals surface area contributed by atoms with Gasteiger partial charge in [0.15, 0.2) is 0 Å². The molecule has 5 nitrogen and oxygen atoms in total. The number of urea groups is 1. The molecule has 1 saturated carbocycles. The molecule has 1 saturated heterocycles. The van der Waals surface area contributed by atoms with Gasteiger partial charge < -0.3 is 20.1 Å². The minimum Gasteiger partial charge on any atom is -0.496 e. The standard InChI is InChI=1S/C19H28N2O3/c1-12-4-7-17(23-3)16(10-12)13(2)20-19(22)21-15-8-9-24-18(11-15)14-5-6-14/h4,7,10,13-15,18H,5-6,8-9,11H2,1-3H3,(H2,20,21,22)/t13-,15-,18+/m0/s1. The van der Waals surface area contributed by atoms with Crippen LogP contribution in [0.1, 0.15) is 49.8 Å². The van der Waals surface area contributed by atoms with E-state index in [1.807, 2.05) is 26.0 Å². The Labute approximate surface area is 144 Å². The van der Waals surface area contributed by atoms with Gasteiger partial charge in [-0.2, -0.15) is 0 Å². The van der Waals surface area contributed by atoms with Crippen LogP contribution in [-0.2, 0) is 4.74 Å². The molecule has 2 fully saturated rings. The maximum absolute atomic E-state index is 12.4. The first kappa shape index (κ1) is 17.1. The van der Waals surface area contributed by atoms with Crippen LogP contribution in [0.5, 0.6) is 5.75 Å². The molecule has 0 aromatic heterocycles. The molecule has 5 heteroatoms. The van der Waals surface area contributed by atoms with Crippen LogP contribution in [0, 0.1) is 12.8 Å². The first-order valence-electron chi connectivity index (χ1n) is 8.90. The Bertz CT molecular complexity index is 586. The van der Waals surface area contributed by atoms with Gasteiger partial charge in [-0.15, -0.1) is 0 Å². The number of hydrogen-bond donors (Lipinski definition) is 2. The fourth-order valence-corrected chi connectivity index (χ4v) is 3.45. The van der Waals surface area contributed by atoms with Crippen LogP contribution in [0.25, 0.3) is 0 Å². The van der Waals surface area contributed by atoms with Crippen LogP contribution in [0.15, 0.2) is 18.2 Å². The molecular formula is C19H28N2O3. The highest BCUT2D eigenvalue weighted by molar-refractivity contribution is 5.75. The van der Waals surface area contributed by atoms with E-state index in [0.717, 1.165) is 36.3 Å². The number of carbonyl (C=O) groups is 1. The van der Waals surface area contributed by atoms with Crippen molar-refractivity contribution < 1.29 is 14.3 Å². The highest BCUT2D eigenvalue weighted by atomic mass is 16.5. The third kappa shape index (κ3) is 4.20. The van der Waals surface area contributed by atoms with Crippen molar-refractivity contribution in [2.45, 2.75) is 57.7 Å². The molecule has 0 bridgehead atoms. The third-order valence-electron chi connectivity index (χ3n) is 5.00. The molecule has 0 unspecified atom stereocenters. The van der Waals surface area contributed by atoms with Gasteiger partial charge in [0.25, 0.3) is 0 Å². The number of carbonyl (C=O) groups excluding carboxylic acids is 1. The average Bonchev–Trinajstić information content (AvgIpc) is 3.40. The largest absolute Gasteiger partial charge is 0.496 e. The van der Waals surface area contributed by atoms with Crippen molar-refractivity contribution in [3.05, 3.63) is 29.3 Å². The summed E-state index contributed by atoms with van der Waals surface area (Å²) in [6, 6.07) is 5.98. The van der Waals surface area contributed by atoms with Crippen molar-refractivity contribution in [3.8, 4) is 5.75 Å². The van der Waals surface area contributed by atoms with E-state index in [1.54, 1.807) is 7.11 Å². The van der Waals surface area contributed by atoms with Gasteiger partial charge in [-0.25, -0.2) is 4.79 Å². The zero-order valence-electron chi connectivity index (χ0n) is 14.8. The lowest BCUT2D eigenvalue weighted by Gasteiger charge is -2.30. The molecule has 3 atom stereocenters. The smallest absolute Gasteiger partial charge is 0.315 e. The highest BCUT2D eigenvalue weighted by Crippen LogP contribution is 2.38. The molecule has 0 spiro atoms.